The highest BCUT2D eigenvalue weighted by atomic mass is 16.5. The van der Waals surface area contributed by atoms with Gasteiger partial charge in [0, 0.05) is 25.3 Å². The van der Waals surface area contributed by atoms with E-state index in [1.54, 1.807) is 0 Å². The maximum Gasteiger partial charge on any atom is 0.245 e. The van der Waals surface area contributed by atoms with Crippen molar-refractivity contribution in [3.05, 3.63) is 29.3 Å². The molecule has 1 aromatic rings. The van der Waals surface area contributed by atoms with Crippen molar-refractivity contribution in [1.29, 1.82) is 0 Å². The molecule has 1 aromatic carbocycles. The molecule has 1 unspecified atom stereocenters. The van der Waals surface area contributed by atoms with Crippen LogP contribution >= 0.6 is 0 Å². The zero-order valence-electron chi connectivity index (χ0n) is 12.9. The fourth-order valence-electron chi connectivity index (χ4n) is 2.75. The summed E-state index contributed by atoms with van der Waals surface area (Å²) in [7, 11) is 0. The molecule has 1 saturated heterocycles. The Balaban J connectivity index is 2.28. The standard InChI is InChI=1S/C16H25N3O2/c1-3-7-18-16(20)14-11-21-9-8-19(14)15-12(2)5-4-6-13(15)10-17/h4-6,14H,3,7-11,17H2,1-2H3,(H,18,20). The molecule has 0 saturated carbocycles. The quantitative estimate of drug-likeness (QED) is 0.855. The van der Waals surface area contributed by atoms with Crippen molar-refractivity contribution in [3.63, 3.8) is 0 Å². The molecule has 1 aliphatic rings. The SMILES string of the molecule is CCCNC(=O)C1COCCN1c1c(C)cccc1CN. The van der Waals surface area contributed by atoms with Crippen LogP contribution in [-0.4, -0.2) is 38.3 Å². The molecule has 1 amide bonds. The number of aryl methyl sites for hydroxylation is 1. The second-order valence-corrected chi connectivity index (χ2v) is 5.36. The molecule has 1 aliphatic heterocycles. The van der Waals surface area contributed by atoms with Gasteiger partial charge in [0.1, 0.15) is 6.04 Å². The minimum Gasteiger partial charge on any atom is -0.377 e. The molecule has 1 heterocycles. The van der Waals surface area contributed by atoms with Gasteiger partial charge in [0.2, 0.25) is 5.91 Å². The Morgan fingerprint density at radius 2 is 2.33 bits per heavy atom. The van der Waals surface area contributed by atoms with Crippen LogP contribution in [0.15, 0.2) is 18.2 Å². The Hall–Kier alpha value is -1.59. The summed E-state index contributed by atoms with van der Waals surface area (Å²) in [5.74, 6) is 0.0303. The Morgan fingerprint density at radius 3 is 3.05 bits per heavy atom. The Morgan fingerprint density at radius 1 is 1.52 bits per heavy atom. The van der Waals surface area contributed by atoms with Crippen LogP contribution in [0.4, 0.5) is 5.69 Å². The normalized spacial score (nSPS) is 18.6. The van der Waals surface area contributed by atoms with Crippen LogP contribution in [0.5, 0.6) is 0 Å². The molecular formula is C16H25N3O2. The molecule has 0 aromatic heterocycles. The lowest BCUT2D eigenvalue weighted by atomic mass is 10.0. The third kappa shape index (κ3) is 3.54. The number of hydrogen-bond acceptors (Lipinski definition) is 4. The maximum absolute atomic E-state index is 12.4. The summed E-state index contributed by atoms with van der Waals surface area (Å²) in [5, 5.41) is 2.97. The van der Waals surface area contributed by atoms with Crippen molar-refractivity contribution in [3.8, 4) is 0 Å². The van der Waals surface area contributed by atoms with Crippen LogP contribution in [0.1, 0.15) is 24.5 Å². The Kier molecular flexibility index (Phi) is 5.59. The van der Waals surface area contributed by atoms with Crippen molar-refractivity contribution in [2.75, 3.05) is 31.2 Å². The van der Waals surface area contributed by atoms with E-state index in [9.17, 15) is 4.79 Å². The van der Waals surface area contributed by atoms with E-state index in [0.29, 0.717) is 32.8 Å². The second-order valence-electron chi connectivity index (χ2n) is 5.36. The molecular weight excluding hydrogens is 266 g/mol. The third-order valence-corrected chi connectivity index (χ3v) is 3.81. The van der Waals surface area contributed by atoms with Crippen LogP contribution in [-0.2, 0) is 16.1 Å². The molecule has 116 valence electrons. The number of carbonyl (C=O) groups is 1. The summed E-state index contributed by atoms with van der Waals surface area (Å²) in [6, 6.07) is 5.81. The molecule has 0 radical (unpaired) electrons. The third-order valence-electron chi connectivity index (χ3n) is 3.81. The highest BCUT2D eigenvalue weighted by molar-refractivity contribution is 5.86. The van der Waals surface area contributed by atoms with E-state index in [1.165, 1.54) is 0 Å². The summed E-state index contributed by atoms with van der Waals surface area (Å²) < 4.78 is 5.51. The van der Waals surface area contributed by atoms with Crippen molar-refractivity contribution in [2.24, 2.45) is 5.73 Å². The predicted octanol–water partition coefficient (Wildman–Crippen LogP) is 1.19. The lowest BCUT2D eigenvalue weighted by Gasteiger charge is -2.38. The van der Waals surface area contributed by atoms with Gasteiger partial charge in [-0.25, -0.2) is 0 Å². The van der Waals surface area contributed by atoms with Gasteiger partial charge in [-0.2, -0.15) is 0 Å². The van der Waals surface area contributed by atoms with Gasteiger partial charge < -0.3 is 20.7 Å². The van der Waals surface area contributed by atoms with Gasteiger partial charge in [0.15, 0.2) is 0 Å². The number of nitrogens with one attached hydrogen (secondary N) is 1. The number of para-hydroxylation sites is 1. The van der Waals surface area contributed by atoms with Crippen LogP contribution in [0.3, 0.4) is 0 Å². The van der Waals surface area contributed by atoms with E-state index >= 15 is 0 Å². The first kappa shape index (κ1) is 15.8. The minimum absolute atomic E-state index is 0.0303. The number of amides is 1. The van der Waals surface area contributed by atoms with E-state index in [4.69, 9.17) is 10.5 Å². The van der Waals surface area contributed by atoms with Gasteiger partial charge in [0.05, 0.1) is 13.2 Å². The Labute approximate surface area is 126 Å². The number of hydrogen-bond donors (Lipinski definition) is 2. The van der Waals surface area contributed by atoms with Crippen LogP contribution < -0.4 is 16.0 Å². The topological polar surface area (TPSA) is 67.6 Å². The van der Waals surface area contributed by atoms with Gasteiger partial charge >= 0.3 is 0 Å². The molecule has 3 N–H and O–H groups in total. The number of nitrogens with two attached hydrogens (primary N) is 1. The van der Waals surface area contributed by atoms with Crippen LogP contribution in [0, 0.1) is 6.92 Å². The van der Waals surface area contributed by atoms with Crippen LogP contribution in [0.25, 0.3) is 0 Å². The molecule has 2 rings (SSSR count). The zero-order chi connectivity index (χ0) is 15.2. The summed E-state index contributed by atoms with van der Waals surface area (Å²) in [6.45, 7) is 7.04. The van der Waals surface area contributed by atoms with E-state index in [1.807, 2.05) is 19.1 Å². The highest BCUT2D eigenvalue weighted by Crippen LogP contribution is 2.28. The maximum atomic E-state index is 12.4. The van der Waals surface area contributed by atoms with Gasteiger partial charge in [-0.15, -0.1) is 0 Å². The average molecular weight is 291 g/mol. The number of benzene rings is 1. The van der Waals surface area contributed by atoms with Crippen molar-refractivity contribution < 1.29 is 9.53 Å². The molecule has 21 heavy (non-hydrogen) atoms. The first-order chi connectivity index (χ1) is 10.2. The number of anilines is 1. The average Bonchev–Trinajstić information content (AvgIpc) is 2.52. The lowest BCUT2D eigenvalue weighted by Crippen LogP contribution is -2.54. The number of carbonyl (C=O) groups excluding carboxylic acids is 1. The lowest BCUT2D eigenvalue weighted by molar-refractivity contribution is -0.124. The number of nitrogens with zero attached hydrogens (tertiary/aromatic N) is 1. The molecule has 0 aliphatic carbocycles. The predicted molar refractivity (Wildman–Crippen MR) is 84.3 cm³/mol. The fourth-order valence-corrected chi connectivity index (χ4v) is 2.75. The van der Waals surface area contributed by atoms with Gasteiger partial charge in [-0.05, 0) is 24.5 Å². The summed E-state index contributed by atoms with van der Waals surface area (Å²) in [5.41, 5.74) is 9.17. The molecule has 5 heteroatoms. The number of ether oxygens (including phenoxy) is 1. The minimum atomic E-state index is -0.281. The van der Waals surface area contributed by atoms with Gasteiger partial charge in [-0.3, -0.25) is 4.79 Å². The summed E-state index contributed by atoms with van der Waals surface area (Å²) in [6.07, 6.45) is 0.928. The zero-order valence-corrected chi connectivity index (χ0v) is 12.9. The molecule has 1 fully saturated rings. The number of morpholine rings is 1. The smallest absolute Gasteiger partial charge is 0.245 e. The van der Waals surface area contributed by atoms with Gasteiger partial charge in [0.25, 0.3) is 0 Å². The van der Waals surface area contributed by atoms with E-state index in [2.05, 4.69) is 23.2 Å². The van der Waals surface area contributed by atoms with Crippen molar-refractivity contribution in [2.45, 2.75) is 32.9 Å². The monoisotopic (exact) mass is 291 g/mol. The molecule has 5 nitrogen and oxygen atoms in total. The Bertz CT molecular complexity index is 490. The van der Waals surface area contributed by atoms with E-state index in [-0.39, 0.29) is 11.9 Å². The highest BCUT2D eigenvalue weighted by Gasteiger charge is 2.31. The van der Waals surface area contributed by atoms with Crippen molar-refractivity contribution in [1.82, 2.24) is 5.32 Å². The second kappa shape index (κ2) is 7.43. The fraction of sp³-hybridized carbons (Fsp3) is 0.562. The van der Waals surface area contributed by atoms with Gasteiger partial charge in [-0.1, -0.05) is 25.1 Å². The van der Waals surface area contributed by atoms with E-state index in [0.717, 1.165) is 23.2 Å². The first-order valence-electron chi connectivity index (χ1n) is 7.59. The summed E-state index contributed by atoms with van der Waals surface area (Å²) in [4.78, 5) is 14.5. The molecule has 1 atom stereocenters. The first-order valence-corrected chi connectivity index (χ1v) is 7.59. The van der Waals surface area contributed by atoms with E-state index < -0.39 is 0 Å². The van der Waals surface area contributed by atoms with Crippen LogP contribution in [0.2, 0.25) is 0 Å². The number of rotatable bonds is 5. The van der Waals surface area contributed by atoms with Crippen molar-refractivity contribution >= 4 is 11.6 Å². The molecule has 0 bridgehead atoms. The summed E-state index contributed by atoms with van der Waals surface area (Å²) >= 11 is 0. The largest absolute Gasteiger partial charge is 0.377 e. The molecule has 0 spiro atoms.